The van der Waals surface area contributed by atoms with Crippen LogP contribution in [0.2, 0.25) is 0 Å². The number of carbonyl (C=O) groups excluding carboxylic acids is 1. The van der Waals surface area contributed by atoms with E-state index in [0.29, 0.717) is 37.2 Å². The van der Waals surface area contributed by atoms with E-state index >= 15 is 0 Å². The number of sulfonamides is 1. The molecule has 35 heavy (non-hydrogen) atoms. The molecule has 0 spiro atoms. The summed E-state index contributed by atoms with van der Waals surface area (Å²) >= 11 is 0. The molecule has 1 aliphatic rings. The molecule has 1 N–H and O–H groups in total. The number of pyridine rings is 1. The van der Waals surface area contributed by atoms with Crippen LogP contribution >= 0.6 is 0 Å². The number of piperidine rings is 1. The number of nitrogens with one attached hydrogen (secondary N) is 1. The number of aromatic nitrogens is 1. The van der Waals surface area contributed by atoms with Crippen molar-refractivity contribution in [2.24, 2.45) is 0 Å². The van der Waals surface area contributed by atoms with E-state index in [-0.39, 0.29) is 22.6 Å². The van der Waals surface area contributed by atoms with E-state index < -0.39 is 21.7 Å². The van der Waals surface area contributed by atoms with Crippen LogP contribution in [0.1, 0.15) is 18.4 Å². The number of likely N-dealkylation sites (tertiary alicyclic amines) is 1. The maximum Gasteiger partial charge on any atom is 0.246 e. The molecule has 7 nitrogen and oxygen atoms in total. The smallest absolute Gasteiger partial charge is 0.246 e. The summed E-state index contributed by atoms with van der Waals surface area (Å²) in [7, 11) is -3.77. The van der Waals surface area contributed by atoms with Gasteiger partial charge in [-0.25, -0.2) is 21.9 Å². The molecule has 4 rings (SSSR count). The van der Waals surface area contributed by atoms with Crippen LogP contribution in [0.25, 0.3) is 6.08 Å². The minimum Gasteiger partial charge on any atom is -0.453 e. The van der Waals surface area contributed by atoms with Crippen molar-refractivity contribution in [1.29, 1.82) is 0 Å². The number of amides is 1. The maximum atomic E-state index is 14.4. The second-order valence-corrected chi connectivity index (χ2v) is 9.70. The Hall–Kier alpha value is -3.63. The molecular formula is C25H23F2N3O4S. The van der Waals surface area contributed by atoms with Crippen molar-refractivity contribution in [3.8, 4) is 11.5 Å². The number of hydrogen-bond donors (Lipinski definition) is 1. The van der Waals surface area contributed by atoms with E-state index in [9.17, 15) is 22.0 Å². The molecule has 3 aromatic rings. The predicted molar refractivity (Wildman–Crippen MR) is 126 cm³/mol. The van der Waals surface area contributed by atoms with E-state index in [1.807, 2.05) is 0 Å². The molecule has 2 heterocycles. The molecule has 182 valence electrons. The molecule has 10 heteroatoms. The summed E-state index contributed by atoms with van der Waals surface area (Å²) in [4.78, 5) is 18.1. The first-order valence-electron chi connectivity index (χ1n) is 10.9. The lowest BCUT2D eigenvalue weighted by atomic mass is 10.1. The Morgan fingerprint density at radius 2 is 1.83 bits per heavy atom. The largest absolute Gasteiger partial charge is 0.453 e. The Morgan fingerprint density at radius 3 is 2.49 bits per heavy atom. The van der Waals surface area contributed by atoms with Gasteiger partial charge < -0.3 is 9.64 Å². The summed E-state index contributed by atoms with van der Waals surface area (Å²) in [6, 6.07) is 12.0. The third-order valence-electron chi connectivity index (χ3n) is 5.49. The molecule has 0 unspecified atom stereocenters. The Bertz CT molecular complexity index is 1310. The van der Waals surface area contributed by atoms with Crippen LogP contribution in [-0.2, 0) is 14.8 Å². The van der Waals surface area contributed by atoms with Gasteiger partial charge in [-0.15, -0.1) is 0 Å². The number of carbonyl (C=O) groups is 1. The monoisotopic (exact) mass is 499 g/mol. The van der Waals surface area contributed by atoms with E-state index in [1.165, 1.54) is 42.6 Å². The molecule has 1 fully saturated rings. The van der Waals surface area contributed by atoms with Crippen LogP contribution in [0.4, 0.5) is 8.78 Å². The first kappa shape index (κ1) is 24.5. The van der Waals surface area contributed by atoms with Crippen LogP contribution in [0.3, 0.4) is 0 Å². The molecule has 1 saturated heterocycles. The van der Waals surface area contributed by atoms with E-state index in [1.54, 1.807) is 29.3 Å². The van der Waals surface area contributed by atoms with Gasteiger partial charge in [0.05, 0.1) is 11.1 Å². The third-order valence-corrected chi connectivity index (χ3v) is 7.03. The van der Waals surface area contributed by atoms with E-state index in [0.717, 1.165) is 12.1 Å². The minimum absolute atomic E-state index is 0.00979. The van der Waals surface area contributed by atoms with Gasteiger partial charge in [-0.3, -0.25) is 9.78 Å². The van der Waals surface area contributed by atoms with E-state index in [4.69, 9.17) is 4.74 Å². The summed E-state index contributed by atoms with van der Waals surface area (Å²) in [6.45, 7) is 0.734. The topological polar surface area (TPSA) is 88.6 Å². The number of halogens is 2. The predicted octanol–water partition coefficient (Wildman–Crippen LogP) is 4.13. The van der Waals surface area contributed by atoms with Gasteiger partial charge in [-0.2, -0.15) is 0 Å². The quantitative estimate of drug-likeness (QED) is 0.494. The molecular weight excluding hydrogens is 476 g/mol. The van der Waals surface area contributed by atoms with Crippen molar-refractivity contribution < 1.29 is 26.7 Å². The maximum absolute atomic E-state index is 14.4. The van der Waals surface area contributed by atoms with Gasteiger partial charge in [-0.1, -0.05) is 6.07 Å². The van der Waals surface area contributed by atoms with Crippen LogP contribution in [0, 0.1) is 11.6 Å². The number of ether oxygens (including phenoxy) is 1. The summed E-state index contributed by atoms with van der Waals surface area (Å²) in [5.74, 6) is -0.876. The zero-order valence-corrected chi connectivity index (χ0v) is 19.4. The zero-order valence-electron chi connectivity index (χ0n) is 18.6. The normalized spacial score (nSPS) is 14.9. The molecule has 1 aliphatic heterocycles. The summed E-state index contributed by atoms with van der Waals surface area (Å²) in [5, 5.41) is 0. The van der Waals surface area contributed by atoms with Crippen LogP contribution in [0.15, 0.2) is 78.0 Å². The molecule has 1 amide bonds. The molecule has 0 bridgehead atoms. The molecule has 2 aromatic carbocycles. The fourth-order valence-corrected chi connectivity index (χ4v) is 4.93. The highest BCUT2D eigenvalue weighted by Crippen LogP contribution is 2.25. The van der Waals surface area contributed by atoms with Crippen LogP contribution in [-0.4, -0.2) is 43.3 Å². The highest BCUT2D eigenvalue weighted by Gasteiger charge is 2.26. The van der Waals surface area contributed by atoms with Gasteiger partial charge in [0.25, 0.3) is 0 Å². The lowest BCUT2D eigenvalue weighted by Gasteiger charge is -2.31. The van der Waals surface area contributed by atoms with Crippen molar-refractivity contribution in [1.82, 2.24) is 14.6 Å². The molecule has 0 atom stereocenters. The van der Waals surface area contributed by atoms with Crippen molar-refractivity contribution in [2.75, 3.05) is 13.1 Å². The number of rotatable bonds is 7. The molecule has 0 radical (unpaired) electrons. The Balaban J connectivity index is 1.29. The van der Waals surface area contributed by atoms with Crippen molar-refractivity contribution in [3.05, 3.63) is 90.3 Å². The average Bonchev–Trinajstić information content (AvgIpc) is 2.85. The first-order chi connectivity index (χ1) is 16.8. The van der Waals surface area contributed by atoms with Gasteiger partial charge in [0, 0.05) is 31.4 Å². The second-order valence-electron chi connectivity index (χ2n) is 7.99. The Kier molecular flexibility index (Phi) is 7.52. The minimum atomic E-state index is -3.77. The van der Waals surface area contributed by atoms with Gasteiger partial charge in [0.15, 0.2) is 11.6 Å². The fraction of sp³-hybridized carbons (Fsp3) is 0.200. The second kappa shape index (κ2) is 10.7. The number of benzene rings is 2. The summed E-state index contributed by atoms with van der Waals surface area (Å²) in [6.07, 6.45) is 6.82. The third kappa shape index (κ3) is 6.49. The zero-order chi connectivity index (χ0) is 24.8. The standard InChI is InChI=1S/C25H23F2N3O4S/c26-19-5-7-22(8-6-19)35(32,33)29-20-11-14-30(15-12-20)25(31)10-4-18-3-9-24(23(27)16-18)34-21-2-1-13-28-17-21/h1-10,13,16-17,20,29H,11-12,14-15H2/b10-4+. The SMILES string of the molecule is O=C(/C=C/c1ccc(Oc2cccnc2)c(F)c1)N1CCC(NS(=O)(=O)c2ccc(F)cc2)CC1. The number of hydrogen-bond acceptors (Lipinski definition) is 5. The summed E-state index contributed by atoms with van der Waals surface area (Å²) in [5.41, 5.74) is 0.497. The first-order valence-corrected chi connectivity index (χ1v) is 12.4. The van der Waals surface area contributed by atoms with Gasteiger partial charge in [0.2, 0.25) is 15.9 Å². The van der Waals surface area contributed by atoms with Crippen molar-refractivity contribution in [2.45, 2.75) is 23.8 Å². The molecule has 1 aromatic heterocycles. The van der Waals surface area contributed by atoms with Crippen molar-refractivity contribution in [3.63, 3.8) is 0 Å². The lowest BCUT2D eigenvalue weighted by Crippen LogP contribution is -2.46. The highest BCUT2D eigenvalue weighted by molar-refractivity contribution is 7.89. The highest BCUT2D eigenvalue weighted by atomic mass is 32.2. The fourth-order valence-electron chi connectivity index (χ4n) is 3.63. The van der Waals surface area contributed by atoms with E-state index in [2.05, 4.69) is 9.71 Å². The van der Waals surface area contributed by atoms with Gasteiger partial charge in [0.1, 0.15) is 11.6 Å². The van der Waals surface area contributed by atoms with Crippen molar-refractivity contribution >= 4 is 22.0 Å². The Morgan fingerprint density at radius 1 is 1.09 bits per heavy atom. The average molecular weight is 500 g/mol. The van der Waals surface area contributed by atoms with Gasteiger partial charge in [-0.05, 0) is 73.0 Å². The van der Waals surface area contributed by atoms with Gasteiger partial charge >= 0.3 is 0 Å². The van der Waals surface area contributed by atoms with Crippen LogP contribution in [0.5, 0.6) is 11.5 Å². The molecule has 0 saturated carbocycles. The molecule has 0 aliphatic carbocycles. The van der Waals surface area contributed by atoms with Crippen LogP contribution < -0.4 is 9.46 Å². The number of nitrogens with zero attached hydrogens (tertiary/aromatic N) is 2. The summed E-state index contributed by atoms with van der Waals surface area (Å²) < 4.78 is 60.5. The Labute approximate surface area is 202 Å². The lowest BCUT2D eigenvalue weighted by molar-refractivity contribution is -0.126.